The van der Waals surface area contributed by atoms with Crippen molar-refractivity contribution >= 4 is 40.0 Å². The quantitative estimate of drug-likeness (QED) is 0.351. The average Bonchev–Trinajstić information content (AvgIpc) is 3.40. The summed E-state index contributed by atoms with van der Waals surface area (Å²) in [6, 6.07) is 22.9. The van der Waals surface area contributed by atoms with Crippen molar-refractivity contribution in [3.63, 3.8) is 0 Å². The third-order valence-electron chi connectivity index (χ3n) is 6.30. The van der Waals surface area contributed by atoms with E-state index in [1.165, 1.54) is 5.56 Å². The van der Waals surface area contributed by atoms with Crippen molar-refractivity contribution in [1.82, 2.24) is 9.55 Å². The minimum absolute atomic E-state index is 0.0209. The Kier molecular flexibility index (Phi) is 5.73. The third-order valence-corrected chi connectivity index (χ3v) is 6.55. The van der Waals surface area contributed by atoms with E-state index in [0.717, 1.165) is 29.0 Å². The monoisotopic (exact) mass is 457 g/mol. The first kappa shape index (κ1) is 21.4. The van der Waals surface area contributed by atoms with Gasteiger partial charge in [0.1, 0.15) is 5.82 Å². The Morgan fingerprint density at radius 1 is 1.03 bits per heavy atom. The molecule has 0 aliphatic carbocycles. The maximum Gasteiger partial charge on any atom is 0.227 e. The molecule has 4 aromatic rings. The van der Waals surface area contributed by atoms with Crippen LogP contribution >= 0.6 is 11.6 Å². The van der Waals surface area contributed by atoms with Gasteiger partial charge in [-0.1, -0.05) is 42.8 Å². The summed E-state index contributed by atoms with van der Waals surface area (Å²) in [6.45, 7) is 2.82. The smallest absolute Gasteiger partial charge is 0.227 e. The van der Waals surface area contributed by atoms with Gasteiger partial charge in [0.25, 0.3) is 0 Å². The van der Waals surface area contributed by atoms with Crippen LogP contribution in [0.3, 0.4) is 0 Å². The molecule has 0 saturated carbocycles. The van der Waals surface area contributed by atoms with E-state index in [-0.39, 0.29) is 24.2 Å². The highest BCUT2D eigenvalue weighted by Gasteiger charge is 2.35. The highest BCUT2D eigenvalue weighted by atomic mass is 35.5. The maximum atomic E-state index is 13.1. The van der Waals surface area contributed by atoms with Gasteiger partial charge in [-0.3, -0.25) is 9.59 Å². The second kappa shape index (κ2) is 8.83. The number of anilines is 1. The number of rotatable bonds is 6. The van der Waals surface area contributed by atoms with Crippen molar-refractivity contribution in [2.75, 3.05) is 11.4 Å². The Bertz CT molecular complexity index is 1330. The molecule has 3 aromatic carbocycles. The minimum atomic E-state index is -0.0891. The molecular weight excluding hydrogens is 434 g/mol. The highest BCUT2D eigenvalue weighted by molar-refractivity contribution is 6.30. The van der Waals surface area contributed by atoms with Crippen molar-refractivity contribution in [2.24, 2.45) is 0 Å². The number of para-hydroxylation sites is 2. The number of amides is 1. The molecule has 1 aliphatic rings. The number of ketones is 1. The van der Waals surface area contributed by atoms with Gasteiger partial charge in [-0.2, -0.15) is 0 Å². The molecule has 5 rings (SSSR count). The van der Waals surface area contributed by atoms with Gasteiger partial charge in [0.05, 0.1) is 17.6 Å². The lowest BCUT2D eigenvalue weighted by Gasteiger charge is -2.18. The molecule has 0 bridgehead atoms. The summed E-state index contributed by atoms with van der Waals surface area (Å²) in [4.78, 5) is 32.7. The second-order valence-electron chi connectivity index (χ2n) is 8.40. The van der Waals surface area contributed by atoms with Gasteiger partial charge in [0.15, 0.2) is 5.78 Å². The lowest BCUT2D eigenvalue weighted by molar-refractivity contribution is -0.117. The van der Waals surface area contributed by atoms with Crippen LogP contribution in [0, 0.1) is 0 Å². The van der Waals surface area contributed by atoms with Crippen molar-refractivity contribution in [3.8, 4) is 0 Å². The SMILES string of the molecule is CCc1ccc(N2CC(c3nc4ccccc4n3CC(=O)c3ccc(Cl)cc3)CC2=O)cc1. The van der Waals surface area contributed by atoms with Crippen molar-refractivity contribution in [2.45, 2.75) is 32.2 Å². The van der Waals surface area contributed by atoms with Crippen LogP contribution in [0.15, 0.2) is 72.8 Å². The van der Waals surface area contributed by atoms with Gasteiger partial charge in [-0.15, -0.1) is 0 Å². The van der Waals surface area contributed by atoms with Crippen LogP contribution in [0.1, 0.15) is 41.0 Å². The number of Topliss-reactive ketones (excluding diaryl/α,β-unsaturated/α-hetero) is 1. The largest absolute Gasteiger partial charge is 0.320 e. The van der Waals surface area contributed by atoms with Gasteiger partial charge >= 0.3 is 0 Å². The summed E-state index contributed by atoms with van der Waals surface area (Å²) in [5, 5.41) is 0.594. The number of hydrogen-bond donors (Lipinski definition) is 0. The summed E-state index contributed by atoms with van der Waals surface area (Å²) >= 11 is 5.98. The molecule has 0 spiro atoms. The zero-order chi connectivity index (χ0) is 22.9. The van der Waals surface area contributed by atoms with Crippen molar-refractivity contribution in [3.05, 3.63) is 94.8 Å². The van der Waals surface area contributed by atoms with E-state index < -0.39 is 0 Å². The summed E-state index contributed by atoms with van der Waals surface area (Å²) in [5.41, 5.74) is 4.47. The van der Waals surface area contributed by atoms with E-state index in [1.807, 2.05) is 45.9 Å². The Morgan fingerprint density at radius 2 is 1.76 bits per heavy atom. The highest BCUT2D eigenvalue weighted by Crippen LogP contribution is 2.33. The molecular formula is C27H24ClN3O2. The van der Waals surface area contributed by atoms with Crippen molar-refractivity contribution in [1.29, 1.82) is 0 Å². The lowest BCUT2D eigenvalue weighted by atomic mass is 10.1. The van der Waals surface area contributed by atoms with E-state index >= 15 is 0 Å². The first-order valence-corrected chi connectivity index (χ1v) is 11.5. The average molecular weight is 458 g/mol. The Hall–Kier alpha value is -3.44. The molecule has 1 amide bonds. The van der Waals surface area contributed by atoms with E-state index in [0.29, 0.717) is 23.6 Å². The maximum absolute atomic E-state index is 13.1. The van der Waals surface area contributed by atoms with Gasteiger partial charge in [0.2, 0.25) is 5.91 Å². The number of fused-ring (bicyclic) bond motifs is 1. The molecule has 6 heteroatoms. The summed E-state index contributed by atoms with van der Waals surface area (Å²) < 4.78 is 1.97. The Labute approximate surface area is 197 Å². The number of halogens is 1. The summed E-state index contributed by atoms with van der Waals surface area (Å²) in [6.07, 6.45) is 1.33. The Morgan fingerprint density at radius 3 is 2.48 bits per heavy atom. The lowest BCUT2D eigenvalue weighted by Crippen LogP contribution is -2.24. The first-order valence-electron chi connectivity index (χ1n) is 11.2. The molecule has 0 radical (unpaired) electrons. The number of imidazole rings is 1. The van der Waals surface area contributed by atoms with E-state index in [9.17, 15) is 9.59 Å². The number of hydrogen-bond acceptors (Lipinski definition) is 3. The fourth-order valence-electron chi connectivity index (χ4n) is 4.48. The molecule has 166 valence electrons. The molecule has 1 aliphatic heterocycles. The normalized spacial score (nSPS) is 16.0. The second-order valence-corrected chi connectivity index (χ2v) is 8.84. The van der Waals surface area contributed by atoms with Gasteiger partial charge in [-0.05, 0) is 60.5 Å². The molecule has 1 fully saturated rings. The molecule has 1 atom stereocenters. The van der Waals surface area contributed by atoms with E-state index in [4.69, 9.17) is 16.6 Å². The van der Waals surface area contributed by atoms with Gasteiger partial charge < -0.3 is 9.47 Å². The van der Waals surface area contributed by atoms with Crippen molar-refractivity contribution < 1.29 is 9.59 Å². The molecule has 2 heterocycles. The summed E-state index contributed by atoms with van der Waals surface area (Å²) in [7, 11) is 0. The molecule has 0 N–H and O–H groups in total. The third kappa shape index (κ3) is 4.16. The fraction of sp³-hybridized carbons (Fsp3) is 0.222. The first-order chi connectivity index (χ1) is 16.0. The zero-order valence-electron chi connectivity index (χ0n) is 18.4. The minimum Gasteiger partial charge on any atom is -0.320 e. The van der Waals surface area contributed by atoms with Crippen LogP contribution in [0.2, 0.25) is 5.02 Å². The standard InChI is InChI=1S/C27H24ClN3O2/c1-2-18-7-13-22(14-8-18)30-16-20(15-26(30)33)27-29-23-5-3-4-6-24(23)31(27)17-25(32)19-9-11-21(28)12-10-19/h3-14,20H,2,15-17H2,1H3. The number of aryl methyl sites for hydroxylation is 1. The van der Waals surface area contributed by atoms with Crippen LogP contribution in [0.5, 0.6) is 0 Å². The van der Waals surface area contributed by atoms with Gasteiger partial charge in [-0.25, -0.2) is 4.98 Å². The predicted octanol–water partition coefficient (Wildman–Crippen LogP) is 5.66. The summed E-state index contributed by atoms with van der Waals surface area (Å²) in [5.74, 6) is 0.743. The topological polar surface area (TPSA) is 55.2 Å². The number of aromatic nitrogens is 2. The van der Waals surface area contributed by atoms with Crippen LogP contribution in [-0.4, -0.2) is 27.8 Å². The fourth-order valence-corrected chi connectivity index (χ4v) is 4.61. The van der Waals surface area contributed by atoms with Crippen LogP contribution in [-0.2, 0) is 17.8 Å². The Balaban J connectivity index is 1.47. The molecule has 5 nitrogen and oxygen atoms in total. The molecule has 1 aromatic heterocycles. The number of carbonyl (C=O) groups is 2. The van der Waals surface area contributed by atoms with Crippen LogP contribution < -0.4 is 4.90 Å². The zero-order valence-corrected chi connectivity index (χ0v) is 19.1. The van der Waals surface area contributed by atoms with E-state index in [1.54, 1.807) is 24.3 Å². The van der Waals surface area contributed by atoms with Crippen LogP contribution in [0.25, 0.3) is 11.0 Å². The van der Waals surface area contributed by atoms with Gasteiger partial charge in [0, 0.05) is 35.2 Å². The predicted molar refractivity (Wildman–Crippen MR) is 131 cm³/mol. The van der Waals surface area contributed by atoms with Crippen LogP contribution in [0.4, 0.5) is 5.69 Å². The number of benzene rings is 3. The molecule has 33 heavy (non-hydrogen) atoms. The number of carbonyl (C=O) groups excluding carboxylic acids is 2. The molecule has 1 unspecified atom stereocenters. The van der Waals surface area contributed by atoms with E-state index in [2.05, 4.69) is 19.1 Å². The number of nitrogens with zero attached hydrogens (tertiary/aromatic N) is 3. The molecule has 1 saturated heterocycles.